The highest BCUT2D eigenvalue weighted by Crippen LogP contribution is 2.28. The quantitative estimate of drug-likeness (QED) is 0.546. The number of hydrogen-bond acceptors (Lipinski definition) is 3. The van der Waals surface area contributed by atoms with Crippen LogP contribution in [0.15, 0.2) is 11.8 Å². The van der Waals surface area contributed by atoms with Crippen molar-refractivity contribution in [2.24, 2.45) is 0 Å². The maximum atomic E-state index is 5.26. The van der Waals surface area contributed by atoms with Crippen LogP contribution in [0.25, 0.3) is 0 Å². The van der Waals surface area contributed by atoms with Crippen LogP contribution in [0, 0.1) is 0 Å². The molecule has 0 aromatic heterocycles. The molecule has 3 nitrogen and oxygen atoms in total. The number of ether oxygens (including phenoxy) is 3. The average molecular weight is 144 g/mol. The van der Waals surface area contributed by atoms with Crippen molar-refractivity contribution < 1.29 is 14.2 Å². The number of hydrogen-bond donors (Lipinski definition) is 0. The standard InChI is InChI=1S/C7H12O3/c1-6-4-5-7(8-2,9-3)10-6/h4H,5H2,1-3H3. The van der Waals surface area contributed by atoms with Gasteiger partial charge in [0.25, 0.3) is 0 Å². The van der Waals surface area contributed by atoms with Gasteiger partial charge >= 0.3 is 5.97 Å². The minimum Gasteiger partial charge on any atom is -0.444 e. The van der Waals surface area contributed by atoms with E-state index in [4.69, 9.17) is 14.2 Å². The molecule has 0 aliphatic carbocycles. The van der Waals surface area contributed by atoms with E-state index in [1.165, 1.54) is 0 Å². The lowest BCUT2D eigenvalue weighted by Crippen LogP contribution is -2.32. The Morgan fingerprint density at radius 1 is 1.50 bits per heavy atom. The number of methoxy groups -OCH3 is 2. The highest BCUT2D eigenvalue weighted by Gasteiger charge is 2.35. The monoisotopic (exact) mass is 144 g/mol. The second-order valence-corrected chi connectivity index (χ2v) is 2.21. The minimum atomic E-state index is -0.843. The number of allylic oxidation sites excluding steroid dienone is 1. The largest absolute Gasteiger partial charge is 0.444 e. The molecule has 0 radical (unpaired) electrons. The van der Waals surface area contributed by atoms with Gasteiger partial charge in [0.15, 0.2) is 0 Å². The van der Waals surface area contributed by atoms with Crippen LogP contribution in [-0.4, -0.2) is 20.2 Å². The molecule has 58 valence electrons. The summed E-state index contributed by atoms with van der Waals surface area (Å²) in [6.07, 6.45) is 2.60. The molecular formula is C7H12O3. The smallest absolute Gasteiger partial charge is 0.329 e. The molecule has 1 aliphatic rings. The lowest BCUT2D eigenvalue weighted by molar-refractivity contribution is -0.334. The topological polar surface area (TPSA) is 27.7 Å². The van der Waals surface area contributed by atoms with Gasteiger partial charge in [0.2, 0.25) is 0 Å². The zero-order chi connectivity index (χ0) is 7.61. The summed E-state index contributed by atoms with van der Waals surface area (Å²) >= 11 is 0. The van der Waals surface area contributed by atoms with Crippen molar-refractivity contribution in [2.75, 3.05) is 14.2 Å². The Balaban J connectivity index is 2.57. The van der Waals surface area contributed by atoms with E-state index >= 15 is 0 Å². The van der Waals surface area contributed by atoms with Gasteiger partial charge in [-0.25, -0.2) is 0 Å². The first-order valence-electron chi connectivity index (χ1n) is 3.18. The predicted octanol–water partition coefficient (Wildman–Crippen LogP) is 1.26. The molecule has 0 bridgehead atoms. The summed E-state index contributed by atoms with van der Waals surface area (Å²) in [5.41, 5.74) is 0. The van der Waals surface area contributed by atoms with Gasteiger partial charge in [-0.3, -0.25) is 0 Å². The van der Waals surface area contributed by atoms with Crippen molar-refractivity contribution in [3.63, 3.8) is 0 Å². The molecule has 0 fully saturated rings. The second kappa shape index (κ2) is 2.60. The molecule has 1 rings (SSSR count). The molecule has 0 aromatic rings. The highest BCUT2D eigenvalue weighted by molar-refractivity contribution is 4.98. The molecule has 0 saturated heterocycles. The fourth-order valence-corrected chi connectivity index (χ4v) is 0.931. The molecule has 0 aromatic carbocycles. The zero-order valence-corrected chi connectivity index (χ0v) is 6.51. The van der Waals surface area contributed by atoms with E-state index in [1.54, 1.807) is 14.2 Å². The molecule has 3 heteroatoms. The fourth-order valence-electron chi connectivity index (χ4n) is 0.931. The van der Waals surface area contributed by atoms with E-state index in [-0.39, 0.29) is 0 Å². The Hall–Kier alpha value is -0.540. The summed E-state index contributed by atoms with van der Waals surface area (Å²) in [6, 6.07) is 0. The fraction of sp³-hybridized carbons (Fsp3) is 0.714. The van der Waals surface area contributed by atoms with Crippen LogP contribution >= 0.6 is 0 Å². The van der Waals surface area contributed by atoms with Gasteiger partial charge in [-0.1, -0.05) is 0 Å². The van der Waals surface area contributed by atoms with E-state index in [0.29, 0.717) is 6.42 Å². The summed E-state index contributed by atoms with van der Waals surface area (Å²) in [6.45, 7) is 1.87. The molecule has 0 atom stereocenters. The lowest BCUT2D eigenvalue weighted by atomic mass is 10.4. The molecule has 0 unspecified atom stereocenters. The van der Waals surface area contributed by atoms with Crippen molar-refractivity contribution in [2.45, 2.75) is 19.3 Å². The SMILES string of the molecule is COC1(OC)CC=C(C)O1. The molecule has 0 N–H and O–H groups in total. The number of rotatable bonds is 2. The Bertz CT molecular complexity index is 147. The van der Waals surface area contributed by atoms with Gasteiger partial charge in [-0.15, -0.1) is 0 Å². The molecule has 1 aliphatic heterocycles. The minimum absolute atomic E-state index is 0.659. The summed E-state index contributed by atoms with van der Waals surface area (Å²) in [7, 11) is 3.13. The van der Waals surface area contributed by atoms with Crippen LogP contribution in [0.5, 0.6) is 0 Å². The van der Waals surface area contributed by atoms with E-state index in [1.807, 2.05) is 13.0 Å². The van der Waals surface area contributed by atoms with Crippen molar-refractivity contribution in [1.82, 2.24) is 0 Å². The first-order chi connectivity index (χ1) is 4.72. The van der Waals surface area contributed by atoms with Crippen molar-refractivity contribution in [3.8, 4) is 0 Å². The molecule has 10 heavy (non-hydrogen) atoms. The second-order valence-electron chi connectivity index (χ2n) is 2.21. The third-order valence-electron chi connectivity index (χ3n) is 1.58. The van der Waals surface area contributed by atoms with Crippen LogP contribution < -0.4 is 0 Å². The van der Waals surface area contributed by atoms with Crippen LogP contribution in [0.2, 0.25) is 0 Å². The maximum Gasteiger partial charge on any atom is 0.329 e. The summed E-state index contributed by atoms with van der Waals surface area (Å²) in [4.78, 5) is 0. The van der Waals surface area contributed by atoms with E-state index < -0.39 is 5.97 Å². The van der Waals surface area contributed by atoms with Crippen molar-refractivity contribution in [3.05, 3.63) is 11.8 Å². The van der Waals surface area contributed by atoms with Gasteiger partial charge in [0.1, 0.15) is 0 Å². The first-order valence-corrected chi connectivity index (χ1v) is 3.18. The van der Waals surface area contributed by atoms with Gasteiger partial charge < -0.3 is 14.2 Å². The molecular weight excluding hydrogens is 132 g/mol. The van der Waals surface area contributed by atoms with E-state index in [0.717, 1.165) is 5.76 Å². The van der Waals surface area contributed by atoms with Crippen molar-refractivity contribution in [1.29, 1.82) is 0 Å². The Kier molecular flexibility index (Phi) is 1.97. The van der Waals surface area contributed by atoms with Gasteiger partial charge in [-0.2, -0.15) is 0 Å². The summed E-state index contributed by atoms with van der Waals surface area (Å²) in [5, 5.41) is 0. The molecule has 0 amide bonds. The Morgan fingerprint density at radius 2 is 2.10 bits per heavy atom. The highest BCUT2D eigenvalue weighted by atomic mass is 16.9. The van der Waals surface area contributed by atoms with Gasteiger partial charge in [0.05, 0.1) is 12.2 Å². The van der Waals surface area contributed by atoms with Crippen LogP contribution in [0.1, 0.15) is 13.3 Å². The van der Waals surface area contributed by atoms with Crippen LogP contribution in [0.3, 0.4) is 0 Å². The summed E-state index contributed by atoms with van der Waals surface area (Å²) < 4.78 is 15.3. The van der Waals surface area contributed by atoms with Crippen molar-refractivity contribution >= 4 is 0 Å². The summed E-state index contributed by atoms with van der Waals surface area (Å²) in [5.74, 6) is 0.00748. The maximum absolute atomic E-state index is 5.26. The molecule has 0 spiro atoms. The Morgan fingerprint density at radius 3 is 2.30 bits per heavy atom. The average Bonchev–Trinajstić information content (AvgIpc) is 2.33. The molecule has 1 heterocycles. The third kappa shape index (κ3) is 1.15. The van der Waals surface area contributed by atoms with Crippen LogP contribution in [-0.2, 0) is 14.2 Å². The first kappa shape index (κ1) is 7.57. The van der Waals surface area contributed by atoms with Crippen LogP contribution in [0.4, 0.5) is 0 Å². The van der Waals surface area contributed by atoms with E-state index in [9.17, 15) is 0 Å². The van der Waals surface area contributed by atoms with E-state index in [2.05, 4.69) is 0 Å². The normalized spacial score (nSPS) is 22.1. The van der Waals surface area contributed by atoms with Gasteiger partial charge in [0, 0.05) is 14.2 Å². The zero-order valence-electron chi connectivity index (χ0n) is 6.51. The lowest BCUT2D eigenvalue weighted by Gasteiger charge is -2.24. The molecule has 0 saturated carbocycles. The predicted molar refractivity (Wildman–Crippen MR) is 36.2 cm³/mol. The van der Waals surface area contributed by atoms with Gasteiger partial charge in [-0.05, 0) is 13.0 Å². The third-order valence-corrected chi connectivity index (χ3v) is 1.58. The Labute approximate surface area is 60.6 Å².